The summed E-state index contributed by atoms with van der Waals surface area (Å²) in [5.74, 6) is -1.36. The van der Waals surface area contributed by atoms with E-state index in [9.17, 15) is 28.8 Å². The third-order valence-electron chi connectivity index (χ3n) is 5.11. The van der Waals surface area contributed by atoms with Crippen molar-refractivity contribution in [3.8, 4) is 0 Å². The minimum Gasteiger partial charge on any atom is -0.465 e. The lowest BCUT2D eigenvalue weighted by Crippen LogP contribution is -2.39. The van der Waals surface area contributed by atoms with E-state index in [-0.39, 0.29) is 56.3 Å². The molecule has 0 heterocycles. The molecule has 0 unspecified atom stereocenters. The van der Waals surface area contributed by atoms with Gasteiger partial charge in [0.1, 0.15) is 36.6 Å². The lowest BCUT2D eigenvalue weighted by atomic mass is 9.88. The Kier molecular flexibility index (Phi) is 19.2. The molecule has 0 aliphatic heterocycles. The fraction of sp³-hybridized carbons (Fsp3) is 0.800. The number of carbonyl (C=O) groups is 6. The van der Waals surface area contributed by atoms with Gasteiger partial charge in [-0.3, -0.25) is 14.4 Å². The van der Waals surface area contributed by atoms with Gasteiger partial charge in [-0.2, -0.15) is 0 Å². The Bertz CT molecular complexity index is 872. The molecule has 0 aliphatic rings. The number of rotatable bonds is 16. The van der Waals surface area contributed by atoms with Crippen LogP contribution in [-0.4, -0.2) is 87.7 Å². The first kappa shape index (κ1) is 42.9. The smallest absolute Gasteiger partial charge is 0.367 e. The van der Waals surface area contributed by atoms with Crippen molar-refractivity contribution in [2.24, 2.45) is 5.41 Å². The summed E-state index contributed by atoms with van der Waals surface area (Å²) >= 11 is 2.56. The van der Waals surface area contributed by atoms with Crippen LogP contribution in [0.25, 0.3) is 0 Å². The van der Waals surface area contributed by atoms with Gasteiger partial charge in [0.2, 0.25) is 0 Å². The standard InChI is InChI=1S/C30H50O12S3/c1-11-30(18-37-21(31)12-15-43-24(34)40-27(2,3)4,19-38-22(32)13-16-44-25(35)41-28(5,6)7)20-39-23(33)14-17-45-26(36)42-29(8,9)10/h11-20H2,1-10H3. The van der Waals surface area contributed by atoms with Crippen LogP contribution in [0.4, 0.5) is 14.4 Å². The highest BCUT2D eigenvalue weighted by molar-refractivity contribution is 8.13. The van der Waals surface area contributed by atoms with Gasteiger partial charge in [-0.15, -0.1) is 0 Å². The Hall–Kier alpha value is -2.13. The Morgan fingerprint density at radius 1 is 0.467 bits per heavy atom. The van der Waals surface area contributed by atoms with E-state index in [1.165, 1.54) is 0 Å². The first-order valence-electron chi connectivity index (χ1n) is 14.6. The van der Waals surface area contributed by atoms with Gasteiger partial charge in [0.25, 0.3) is 0 Å². The van der Waals surface area contributed by atoms with E-state index in [2.05, 4.69) is 0 Å². The molecule has 12 nitrogen and oxygen atoms in total. The predicted molar refractivity (Wildman–Crippen MR) is 176 cm³/mol. The lowest BCUT2D eigenvalue weighted by Gasteiger charge is -2.31. The summed E-state index contributed by atoms with van der Waals surface area (Å²) < 4.78 is 32.0. The molecule has 15 heteroatoms. The van der Waals surface area contributed by atoms with Crippen LogP contribution in [0.3, 0.4) is 0 Å². The zero-order valence-electron chi connectivity index (χ0n) is 28.2. The summed E-state index contributed by atoms with van der Waals surface area (Å²) in [6.45, 7) is 16.8. The van der Waals surface area contributed by atoms with Crippen LogP contribution in [-0.2, 0) is 42.8 Å². The highest BCUT2D eigenvalue weighted by atomic mass is 32.2. The fourth-order valence-corrected chi connectivity index (χ4v) is 5.07. The summed E-state index contributed by atoms with van der Waals surface area (Å²) in [7, 11) is 0. The van der Waals surface area contributed by atoms with Crippen molar-refractivity contribution in [1.82, 2.24) is 0 Å². The third-order valence-corrected chi connectivity index (χ3v) is 7.30. The number of carbonyl (C=O) groups excluding carboxylic acids is 6. The molecule has 0 atom stereocenters. The third kappa shape index (κ3) is 24.7. The lowest BCUT2D eigenvalue weighted by molar-refractivity contribution is -0.161. The Labute approximate surface area is 279 Å². The predicted octanol–water partition coefficient (Wildman–Crippen LogP) is 7.19. The van der Waals surface area contributed by atoms with E-state index < -0.39 is 56.0 Å². The van der Waals surface area contributed by atoms with Gasteiger partial charge in [0, 0.05) is 17.3 Å². The van der Waals surface area contributed by atoms with Crippen LogP contribution in [0.5, 0.6) is 0 Å². The number of hydrogen-bond acceptors (Lipinski definition) is 15. The first-order valence-corrected chi connectivity index (χ1v) is 17.5. The summed E-state index contributed by atoms with van der Waals surface area (Å²) in [6.07, 6.45) is 0.0833. The maximum absolute atomic E-state index is 12.5. The quantitative estimate of drug-likeness (QED) is 0.118. The molecule has 0 radical (unpaired) electrons. The molecule has 0 saturated heterocycles. The molecule has 0 aromatic rings. The molecule has 0 rings (SSSR count). The van der Waals surface area contributed by atoms with Gasteiger partial charge in [0.15, 0.2) is 0 Å². The van der Waals surface area contributed by atoms with Gasteiger partial charge in [-0.05, 0) is 104 Å². The van der Waals surface area contributed by atoms with E-state index in [4.69, 9.17) is 28.4 Å². The molecule has 0 amide bonds. The molecule has 0 N–H and O–H groups in total. The van der Waals surface area contributed by atoms with E-state index in [1.807, 2.05) is 0 Å². The highest BCUT2D eigenvalue weighted by Crippen LogP contribution is 2.26. The fourth-order valence-electron chi connectivity index (χ4n) is 2.84. The summed E-state index contributed by atoms with van der Waals surface area (Å²) in [6, 6.07) is 0. The first-order chi connectivity index (χ1) is 20.5. The maximum atomic E-state index is 12.5. The van der Waals surface area contributed by atoms with Gasteiger partial charge in [0.05, 0.1) is 24.7 Å². The average molecular weight is 699 g/mol. The zero-order chi connectivity index (χ0) is 34.9. The van der Waals surface area contributed by atoms with Crippen LogP contribution in [0.2, 0.25) is 0 Å². The number of esters is 3. The summed E-state index contributed by atoms with van der Waals surface area (Å²) in [5, 5.41) is -1.52. The summed E-state index contributed by atoms with van der Waals surface area (Å²) in [5.41, 5.74) is -3.01. The van der Waals surface area contributed by atoms with Gasteiger partial charge in [-0.1, -0.05) is 6.92 Å². The minimum absolute atomic E-state index is 0.0763. The molecule has 0 saturated carbocycles. The molecule has 0 fully saturated rings. The molecule has 45 heavy (non-hydrogen) atoms. The van der Waals surface area contributed by atoms with Crippen molar-refractivity contribution >= 4 is 69.1 Å². The molecular formula is C30H50O12S3. The molecule has 0 aromatic carbocycles. The molecule has 0 spiro atoms. The van der Waals surface area contributed by atoms with Gasteiger partial charge < -0.3 is 28.4 Å². The van der Waals surface area contributed by atoms with Crippen LogP contribution >= 0.6 is 35.3 Å². The van der Waals surface area contributed by atoms with E-state index in [1.54, 1.807) is 69.2 Å². The summed E-state index contributed by atoms with van der Waals surface area (Å²) in [4.78, 5) is 73.0. The van der Waals surface area contributed by atoms with Crippen molar-refractivity contribution in [3.63, 3.8) is 0 Å². The maximum Gasteiger partial charge on any atom is 0.367 e. The van der Waals surface area contributed by atoms with Crippen LogP contribution in [0, 0.1) is 5.41 Å². The van der Waals surface area contributed by atoms with Crippen molar-refractivity contribution in [3.05, 3.63) is 0 Å². The highest BCUT2D eigenvalue weighted by Gasteiger charge is 2.34. The molecule has 0 bridgehead atoms. The van der Waals surface area contributed by atoms with E-state index in [0.29, 0.717) is 6.42 Å². The molecule has 260 valence electrons. The van der Waals surface area contributed by atoms with Crippen molar-refractivity contribution in [1.29, 1.82) is 0 Å². The van der Waals surface area contributed by atoms with Crippen LogP contribution in [0.15, 0.2) is 0 Å². The number of thioether (sulfide) groups is 3. The molecule has 0 aromatic heterocycles. The van der Waals surface area contributed by atoms with Crippen LogP contribution in [0.1, 0.15) is 94.9 Å². The zero-order valence-corrected chi connectivity index (χ0v) is 30.6. The van der Waals surface area contributed by atoms with Crippen LogP contribution < -0.4 is 0 Å². The van der Waals surface area contributed by atoms with Crippen molar-refractivity contribution in [2.75, 3.05) is 37.1 Å². The van der Waals surface area contributed by atoms with Crippen molar-refractivity contribution in [2.45, 2.75) is 112 Å². The van der Waals surface area contributed by atoms with Crippen molar-refractivity contribution < 1.29 is 57.2 Å². The largest absolute Gasteiger partial charge is 0.465 e. The minimum atomic E-state index is -1.06. The second-order valence-corrected chi connectivity index (χ2v) is 16.1. The second-order valence-electron chi connectivity index (χ2n) is 13.0. The normalized spacial score (nSPS) is 12.1. The Morgan fingerprint density at radius 2 is 0.711 bits per heavy atom. The van der Waals surface area contributed by atoms with Gasteiger partial charge >= 0.3 is 33.8 Å². The average Bonchev–Trinajstić information content (AvgIpc) is 2.85. The molecule has 0 aliphatic carbocycles. The molecular weight excluding hydrogens is 649 g/mol. The topological polar surface area (TPSA) is 158 Å². The Balaban J connectivity index is 5.13. The number of hydrogen-bond donors (Lipinski definition) is 0. The second kappa shape index (κ2) is 20.2. The van der Waals surface area contributed by atoms with E-state index >= 15 is 0 Å². The monoisotopic (exact) mass is 698 g/mol. The SMILES string of the molecule is CCC(COC(=O)CCSC(=O)OC(C)(C)C)(COC(=O)CCSC(=O)OC(C)(C)C)COC(=O)CCSC(=O)OC(C)(C)C. The van der Waals surface area contributed by atoms with E-state index in [0.717, 1.165) is 35.3 Å². The van der Waals surface area contributed by atoms with Gasteiger partial charge in [-0.25, -0.2) is 14.4 Å². The number of ether oxygens (including phenoxy) is 6. The Morgan fingerprint density at radius 3 is 0.911 bits per heavy atom.